The summed E-state index contributed by atoms with van der Waals surface area (Å²) in [5, 5.41) is 4.00. The first kappa shape index (κ1) is 10.1. The van der Waals surface area contributed by atoms with Crippen LogP contribution in [0.5, 0.6) is 0 Å². The predicted octanol–water partition coefficient (Wildman–Crippen LogP) is 2.69. The Kier molecular flexibility index (Phi) is 2.92. The van der Waals surface area contributed by atoms with Crippen molar-refractivity contribution < 1.29 is 0 Å². The number of halogens is 1. The van der Waals surface area contributed by atoms with Gasteiger partial charge in [-0.2, -0.15) is 0 Å². The minimum absolute atomic E-state index is 0.698. The molecule has 78 valence electrons. The molecule has 15 heavy (non-hydrogen) atoms. The molecule has 0 aliphatic heterocycles. The van der Waals surface area contributed by atoms with Crippen LogP contribution >= 0.6 is 11.6 Å². The zero-order chi connectivity index (χ0) is 10.7. The van der Waals surface area contributed by atoms with Gasteiger partial charge in [-0.3, -0.25) is 0 Å². The molecular formula is C11H12ClN3. The van der Waals surface area contributed by atoms with Gasteiger partial charge in [0.05, 0.1) is 6.54 Å². The van der Waals surface area contributed by atoms with E-state index < -0.39 is 0 Å². The maximum Gasteiger partial charge on any atom is 0.127 e. The summed E-state index contributed by atoms with van der Waals surface area (Å²) in [6.07, 6.45) is 3.71. The number of anilines is 1. The summed E-state index contributed by atoms with van der Waals surface area (Å²) in [5.41, 5.74) is 1.01. The Morgan fingerprint density at radius 3 is 3.00 bits per heavy atom. The average Bonchev–Trinajstić information content (AvgIpc) is 2.61. The number of nitrogens with one attached hydrogen (secondary N) is 1. The Morgan fingerprint density at radius 2 is 2.33 bits per heavy atom. The SMILES string of the molecule is Cn1ccnc1CNc1cccc(Cl)c1. The van der Waals surface area contributed by atoms with E-state index in [-0.39, 0.29) is 0 Å². The summed E-state index contributed by atoms with van der Waals surface area (Å²) in [6.45, 7) is 0.698. The van der Waals surface area contributed by atoms with E-state index in [1.54, 1.807) is 6.20 Å². The van der Waals surface area contributed by atoms with Crippen molar-refractivity contribution in [3.8, 4) is 0 Å². The third-order valence-electron chi connectivity index (χ3n) is 2.20. The maximum absolute atomic E-state index is 5.88. The Hall–Kier alpha value is -1.48. The van der Waals surface area contributed by atoms with Crippen molar-refractivity contribution in [3.05, 3.63) is 47.5 Å². The van der Waals surface area contributed by atoms with Crippen LogP contribution in [0.15, 0.2) is 36.7 Å². The van der Waals surface area contributed by atoms with E-state index in [1.165, 1.54) is 0 Å². The van der Waals surface area contributed by atoms with Gasteiger partial charge in [-0.25, -0.2) is 4.98 Å². The highest BCUT2D eigenvalue weighted by Crippen LogP contribution is 2.15. The fourth-order valence-electron chi connectivity index (χ4n) is 1.35. The molecule has 1 aromatic carbocycles. The van der Waals surface area contributed by atoms with Crippen molar-refractivity contribution in [1.82, 2.24) is 9.55 Å². The summed E-state index contributed by atoms with van der Waals surface area (Å²) in [5.74, 6) is 0.995. The van der Waals surface area contributed by atoms with Crippen LogP contribution in [0.4, 0.5) is 5.69 Å². The van der Waals surface area contributed by atoms with Crippen LogP contribution in [0.1, 0.15) is 5.82 Å². The molecule has 0 fully saturated rings. The number of aryl methyl sites for hydroxylation is 1. The van der Waals surface area contributed by atoms with Gasteiger partial charge in [0.2, 0.25) is 0 Å². The number of hydrogen-bond acceptors (Lipinski definition) is 2. The first-order chi connectivity index (χ1) is 7.25. The monoisotopic (exact) mass is 221 g/mol. The van der Waals surface area contributed by atoms with Crippen LogP contribution in [-0.2, 0) is 13.6 Å². The molecule has 2 aromatic rings. The third kappa shape index (κ3) is 2.50. The highest BCUT2D eigenvalue weighted by atomic mass is 35.5. The molecular weight excluding hydrogens is 210 g/mol. The molecule has 0 spiro atoms. The normalized spacial score (nSPS) is 10.3. The van der Waals surface area contributed by atoms with Crippen LogP contribution in [0, 0.1) is 0 Å². The number of nitrogens with zero attached hydrogens (tertiary/aromatic N) is 2. The minimum Gasteiger partial charge on any atom is -0.378 e. The molecule has 0 atom stereocenters. The van der Waals surface area contributed by atoms with Gasteiger partial charge in [-0.05, 0) is 18.2 Å². The summed E-state index contributed by atoms with van der Waals surface area (Å²) in [4.78, 5) is 4.22. The zero-order valence-electron chi connectivity index (χ0n) is 8.44. The van der Waals surface area contributed by atoms with Crippen molar-refractivity contribution in [1.29, 1.82) is 0 Å². The van der Waals surface area contributed by atoms with Crippen LogP contribution in [-0.4, -0.2) is 9.55 Å². The molecule has 0 bridgehead atoms. The number of aromatic nitrogens is 2. The molecule has 0 amide bonds. The smallest absolute Gasteiger partial charge is 0.127 e. The largest absolute Gasteiger partial charge is 0.378 e. The summed E-state index contributed by atoms with van der Waals surface area (Å²) in [6, 6.07) is 7.65. The molecule has 4 heteroatoms. The van der Waals surface area contributed by atoms with Crippen molar-refractivity contribution >= 4 is 17.3 Å². The zero-order valence-corrected chi connectivity index (χ0v) is 9.20. The van der Waals surface area contributed by atoms with Gasteiger partial charge >= 0.3 is 0 Å². The van der Waals surface area contributed by atoms with Crippen molar-refractivity contribution in [2.45, 2.75) is 6.54 Å². The van der Waals surface area contributed by atoms with Crippen LogP contribution < -0.4 is 5.32 Å². The molecule has 1 N–H and O–H groups in total. The highest BCUT2D eigenvalue weighted by Gasteiger charge is 1.98. The third-order valence-corrected chi connectivity index (χ3v) is 2.43. The number of rotatable bonds is 3. The number of imidazole rings is 1. The number of hydrogen-bond donors (Lipinski definition) is 1. The lowest BCUT2D eigenvalue weighted by molar-refractivity contribution is 0.813. The number of benzene rings is 1. The standard InChI is InChI=1S/C11H12ClN3/c1-15-6-5-13-11(15)8-14-10-4-2-3-9(12)7-10/h2-7,14H,8H2,1H3. The molecule has 2 rings (SSSR count). The second-order valence-electron chi connectivity index (χ2n) is 3.32. The Labute approximate surface area is 93.7 Å². The van der Waals surface area contributed by atoms with E-state index in [0.717, 1.165) is 16.5 Å². The quantitative estimate of drug-likeness (QED) is 0.864. The molecule has 1 heterocycles. The molecule has 0 aliphatic carbocycles. The second-order valence-corrected chi connectivity index (χ2v) is 3.75. The van der Waals surface area contributed by atoms with Gasteiger partial charge in [0, 0.05) is 30.2 Å². The first-order valence-electron chi connectivity index (χ1n) is 4.71. The van der Waals surface area contributed by atoms with Crippen LogP contribution in [0.2, 0.25) is 5.02 Å². The molecule has 1 aromatic heterocycles. The van der Waals surface area contributed by atoms with E-state index in [4.69, 9.17) is 11.6 Å². The second kappa shape index (κ2) is 4.36. The topological polar surface area (TPSA) is 29.9 Å². The van der Waals surface area contributed by atoms with E-state index in [0.29, 0.717) is 6.54 Å². The molecule has 0 saturated carbocycles. The highest BCUT2D eigenvalue weighted by molar-refractivity contribution is 6.30. The van der Waals surface area contributed by atoms with Crippen LogP contribution in [0.3, 0.4) is 0 Å². The van der Waals surface area contributed by atoms with Crippen molar-refractivity contribution in [2.24, 2.45) is 7.05 Å². The van der Waals surface area contributed by atoms with Crippen LogP contribution in [0.25, 0.3) is 0 Å². The molecule has 3 nitrogen and oxygen atoms in total. The minimum atomic E-state index is 0.698. The van der Waals surface area contributed by atoms with E-state index >= 15 is 0 Å². The molecule has 0 aliphatic rings. The summed E-state index contributed by atoms with van der Waals surface area (Å²) in [7, 11) is 1.97. The van der Waals surface area contributed by atoms with E-state index in [2.05, 4.69) is 10.3 Å². The van der Waals surface area contributed by atoms with Crippen molar-refractivity contribution in [2.75, 3.05) is 5.32 Å². The van der Waals surface area contributed by atoms with Gasteiger partial charge in [0.1, 0.15) is 5.82 Å². The van der Waals surface area contributed by atoms with Gasteiger partial charge in [0.25, 0.3) is 0 Å². The Morgan fingerprint density at radius 1 is 1.47 bits per heavy atom. The molecule has 0 unspecified atom stereocenters. The van der Waals surface area contributed by atoms with Gasteiger partial charge < -0.3 is 9.88 Å². The lowest BCUT2D eigenvalue weighted by atomic mass is 10.3. The van der Waals surface area contributed by atoms with Gasteiger partial charge in [-0.15, -0.1) is 0 Å². The average molecular weight is 222 g/mol. The van der Waals surface area contributed by atoms with E-state index in [9.17, 15) is 0 Å². The summed E-state index contributed by atoms with van der Waals surface area (Å²) >= 11 is 5.88. The van der Waals surface area contributed by atoms with E-state index in [1.807, 2.05) is 42.1 Å². The Balaban J connectivity index is 2.02. The first-order valence-corrected chi connectivity index (χ1v) is 5.09. The fraction of sp³-hybridized carbons (Fsp3) is 0.182. The molecule has 0 saturated heterocycles. The predicted molar refractivity (Wildman–Crippen MR) is 62.0 cm³/mol. The molecule has 0 radical (unpaired) electrons. The Bertz CT molecular complexity index is 451. The van der Waals surface area contributed by atoms with Gasteiger partial charge in [0.15, 0.2) is 0 Å². The lowest BCUT2D eigenvalue weighted by Gasteiger charge is -2.06. The van der Waals surface area contributed by atoms with Gasteiger partial charge in [-0.1, -0.05) is 17.7 Å². The van der Waals surface area contributed by atoms with Crippen molar-refractivity contribution in [3.63, 3.8) is 0 Å². The fourth-order valence-corrected chi connectivity index (χ4v) is 1.54. The maximum atomic E-state index is 5.88. The lowest BCUT2D eigenvalue weighted by Crippen LogP contribution is -2.05. The summed E-state index contributed by atoms with van der Waals surface area (Å²) < 4.78 is 1.98.